The third-order valence-corrected chi connectivity index (χ3v) is 6.04. The Morgan fingerprint density at radius 3 is 2.58 bits per heavy atom. The van der Waals surface area contributed by atoms with Gasteiger partial charge in [-0.05, 0) is 49.2 Å². The maximum absolute atomic E-state index is 13.4. The van der Waals surface area contributed by atoms with Gasteiger partial charge in [0.2, 0.25) is 0 Å². The molecule has 184 valence electrons. The Hall–Kier alpha value is -4.37. The van der Waals surface area contributed by atoms with Crippen LogP contribution in [0.15, 0.2) is 66.2 Å². The molecule has 9 nitrogen and oxygen atoms in total. The van der Waals surface area contributed by atoms with E-state index in [0.29, 0.717) is 21.8 Å². The molecule has 1 amide bonds. The molecule has 2 N–H and O–H groups in total. The summed E-state index contributed by atoms with van der Waals surface area (Å²) < 4.78 is 5.48. The lowest BCUT2D eigenvalue weighted by atomic mass is 9.94. The van der Waals surface area contributed by atoms with Crippen molar-refractivity contribution in [2.45, 2.75) is 19.9 Å². The molecule has 0 aromatic heterocycles. The van der Waals surface area contributed by atoms with Gasteiger partial charge in [-0.15, -0.1) is 0 Å². The standard InChI is InChI=1S/C26H21ClN2O7/c1-3-36-21-12-15(8-10-20(21)30)23-22(24(31)16-5-4-6-18(11-16)29(34)35)25(32)26(33)28(23)19-13-17(27)9-7-14(19)2/h4-13,23,30-31H,3H2,1-2H3/b24-22+. The van der Waals surface area contributed by atoms with Gasteiger partial charge < -0.3 is 14.9 Å². The zero-order chi connectivity index (χ0) is 26.1. The third-order valence-electron chi connectivity index (χ3n) is 5.80. The predicted molar refractivity (Wildman–Crippen MR) is 133 cm³/mol. The molecule has 36 heavy (non-hydrogen) atoms. The van der Waals surface area contributed by atoms with Crippen LogP contribution in [0, 0.1) is 17.0 Å². The van der Waals surface area contributed by atoms with Crippen LogP contribution in [-0.2, 0) is 9.59 Å². The number of benzene rings is 3. The zero-order valence-corrected chi connectivity index (χ0v) is 20.0. The van der Waals surface area contributed by atoms with Gasteiger partial charge in [0.05, 0.1) is 23.1 Å². The topological polar surface area (TPSA) is 130 Å². The SMILES string of the molecule is CCOc1cc(C2/C(=C(\O)c3cccc([N+](=O)[O-])c3)C(=O)C(=O)N2c2cc(Cl)ccc2C)ccc1O. The van der Waals surface area contributed by atoms with Crippen molar-refractivity contribution in [3.63, 3.8) is 0 Å². The summed E-state index contributed by atoms with van der Waals surface area (Å²) in [6, 6.07) is 13.2. The molecule has 10 heteroatoms. The molecule has 1 saturated heterocycles. The molecular weight excluding hydrogens is 488 g/mol. The number of phenolic OH excluding ortho intramolecular Hbond substituents is 1. The van der Waals surface area contributed by atoms with Gasteiger partial charge >= 0.3 is 0 Å². The van der Waals surface area contributed by atoms with Gasteiger partial charge in [0.1, 0.15) is 5.76 Å². The van der Waals surface area contributed by atoms with Gasteiger partial charge in [-0.25, -0.2) is 0 Å². The summed E-state index contributed by atoms with van der Waals surface area (Å²) in [5, 5.41) is 33.0. The number of aliphatic hydroxyl groups is 1. The molecule has 0 aliphatic carbocycles. The Morgan fingerprint density at radius 1 is 1.14 bits per heavy atom. The Balaban J connectivity index is 2.00. The second-order valence-corrected chi connectivity index (χ2v) is 8.50. The van der Waals surface area contributed by atoms with Gasteiger partial charge in [-0.2, -0.15) is 0 Å². The largest absolute Gasteiger partial charge is 0.507 e. The Labute approximate surface area is 211 Å². The van der Waals surface area contributed by atoms with Crippen LogP contribution >= 0.6 is 11.6 Å². The number of aryl methyl sites for hydroxylation is 1. The number of hydrogen-bond acceptors (Lipinski definition) is 7. The minimum atomic E-state index is -1.14. The summed E-state index contributed by atoms with van der Waals surface area (Å²) in [5.74, 6) is -2.48. The average Bonchev–Trinajstić information content (AvgIpc) is 3.12. The first-order valence-corrected chi connectivity index (χ1v) is 11.3. The van der Waals surface area contributed by atoms with Crippen LogP contribution < -0.4 is 9.64 Å². The number of aromatic hydroxyl groups is 1. The van der Waals surface area contributed by atoms with Gasteiger partial charge in [0, 0.05) is 28.4 Å². The second-order valence-electron chi connectivity index (χ2n) is 8.07. The van der Waals surface area contributed by atoms with Crippen LogP contribution in [0.3, 0.4) is 0 Å². The highest BCUT2D eigenvalue weighted by Crippen LogP contribution is 2.45. The molecule has 4 rings (SSSR count). The normalized spacial score (nSPS) is 16.9. The molecule has 1 unspecified atom stereocenters. The molecule has 1 fully saturated rings. The number of ketones is 1. The van der Waals surface area contributed by atoms with E-state index in [1.807, 2.05) is 0 Å². The van der Waals surface area contributed by atoms with Crippen LogP contribution in [0.4, 0.5) is 11.4 Å². The van der Waals surface area contributed by atoms with Crippen LogP contribution in [0.2, 0.25) is 5.02 Å². The Bertz CT molecular complexity index is 1430. The Morgan fingerprint density at radius 2 is 1.89 bits per heavy atom. The molecule has 1 atom stereocenters. The molecule has 1 aliphatic rings. The van der Waals surface area contributed by atoms with E-state index in [-0.39, 0.29) is 34.9 Å². The number of halogens is 1. The van der Waals surface area contributed by atoms with Crippen LogP contribution in [0.1, 0.15) is 29.7 Å². The van der Waals surface area contributed by atoms with E-state index in [0.717, 1.165) is 6.07 Å². The molecule has 1 heterocycles. The Kier molecular flexibility index (Phi) is 6.67. The highest BCUT2D eigenvalue weighted by molar-refractivity contribution is 6.52. The van der Waals surface area contributed by atoms with E-state index in [1.54, 1.807) is 26.0 Å². The number of nitro groups is 1. The molecule has 3 aromatic carbocycles. The number of hydrogen-bond donors (Lipinski definition) is 2. The van der Waals surface area contributed by atoms with Crippen LogP contribution in [0.5, 0.6) is 11.5 Å². The van der Waals surface area contributed by atoms with Gasteiger partial charge in [0.25, 0.3) is 17.4 Å². The van der Waals surface area contributed by atoms with Crippen molar-refractivity contribution in [3.05, 3.63) is 98.1 Å². The number of phenols is 1. The van der Waals surface area contributed by atoms with Crippen molar-refractivity contribution in [2.24, 2.45) is 0 Å². The highest BCUT2D eigenvalue weighted by atomic mass is 35.5. The minimum absolute atomic E-state index is 0.00109. The molecule has 0 bridgehead atoms. The molecular formula is C26H21ClN2O7. The molecule has 0 saturated carbocycles. The highest BCUT2D eigenvalue weighted by Gasteiger charge is 2.47. The van der Waals surface area contributed by atoms with Crippen molar-refractivity contribution < 1.29 is 29.5 Å². The monoisotopic (exact) mass is 508 g/mol. The van der Waals surface area contributed by atoms with E-state index >= 15 is 0 Å². The number of nitrogens with zero attached hydrogens (tertiary/aromatic N) is 2. The summed E-state index contributed by atoms with van der Waals surface area (Å²) in [7, 11) is 0. The number of nitro benzene ring substituents is 1. The lowest BCUT2D eigenvalue weighted by Crippen LogP contribution is -2.30. The smallest absolute Gasteiger partial charge is 0.300 e. The zero-order valence-electron chi connectivity index (χ0n) is 19.3. The molecule has 0 radical (unpaired) electrons. The number of anilines is 1. The molecule has 3 aromatic rings. The lowest BCUT2D eigenvalue weighted by Gasteiger charge is -2.27. The van der Waals surface area contributed by atoms with Crippen molar-refractivity contribution >= 4 is 40.4 Å². The number of rotatable bonds is 6. The fourth-order valence-corrected chi connectivity index (χ4v) is 4.30. The maximum Gasteiger partial charge on any atom is 0.300 e. The maximum atomic E-state index is 13.4. The van der Waals surface area contributed by atoms with E-state index in [4.69, 9.17) is 16.3 Å². The summed E-state index contributed by atoms with van der Waals surface area (Å²) >= 11 is 6.20. The summed E-state index contributed by atoms with van der Waals surface area (Å²) in [6.07, 6.45) is 0. The van der Waals surface area contributed by atoms with Gasteiger partial charge in [0.15, 0.2) is 11.5 Å². The summed E-state index contributed by atoms with van der Waals surface area (Å²) in [4.78, 5) is 38.5. The van der Waals surface area contributed by atoms with Crippen LogP contribution in [0.25, 0.3) is 5.76 Å². The first-order valence-electron chi connectivity index (χ1n) is 10.9. The molecule has 1 aliphatic heterocycles. The first-order chi connectivity index (χ1) is 17.1. The molecule has 0 spiro atoms. The summed E-state index contributed by atoms with van der Waals surface area (Å²) in [5.41, 5.74) is 0.789. The van der Waals surface area contributed by atoms with Crippen molar-refractivity contribution in [2.75, 3.05) is 11.5 Å². The van der Waals surface area contributed by atoms with Crippen molar-refractivity contribution in [1.82, 2.24) is 0 Å². The van der Waals surface area contributed by atoms with Gasteiger partial charge in [-0.3, -0.25) is 24.6 Å². The van der Waals surface area contributed by atoms with Crippen LogP contribution in [-0.4, -0.2) is 33.4 Å². The summed E-state index contributed by atoms with van der Waals surface area (Å²) in [6.45, 7) is 3.72. The number of non-ortho nitro benzene ring substituents is 1. The number of amides is 1. The fourth-order valence-electron chi connectivity index (χ4n) is 4.13. The van der Waals surface area contributed by atoms with E-state index in [9.17, 15) is 29.9 Å². The van der Waals surface area contributed by atoms with Crippen molar-refractivity contribution in [1.29, 1.82) is 0 Å². The quantitative estimate of drug-likeness (QED) is 0.152. The lowest BCUT2D eigenvalue weighted by molar-refractivity contribution is -0.384. The number of Topliss-reactive ketones (excluding diaryl/α,β-unsaturated/α-hetero) is 1. The number of aliphatic hydroxyl groups excluding tert-OH is 1. The van der Waals surface area contributed by atoms with E-state index in [1.165, 1.54) is 47.4 Å². The minimum Gasteiger partial charge on any atom is -0.507 e. The number of carbonyl (C=O) groups is 2. The predicted octanol–water partition coefficient (Wildman–Crippen LogP) is 5.29. The average molecular weight is 509 g/mol. The first kappa shape index (κ1) is 24.7. The second kappa shape index (κ2) is 9.71. The third kappa shape index (κ3) is 4.36. The fraction of sp³-hybridized carbons (Fsp3) is 0.154. The number of ether oxygens (including phenoxy) is 1. The van der Waals surface area contributed by atoms with E-state index in [2.05, 4.69) is 0 Å². The van der Waals surface area contributed by atoms with Crippen molar-refractivity contribution in [3.8, 4) is 11.5 Å². The number of carbonyl (C=O) groups excluding carboxylic acids is 2. The van der Waals surface area contributed by atoms with E-state index < -0.39 is 28.4 Å². The van der Waals surface area contributed by atoms with Gasteiger partial charge in [-0.1, -0.05) is 35.9 Å².